The Balaban J connectivity index is 0.000000284. The summed E-state index contributed by atoms with van der Waals surface area (Å²) in [5.41, 5.74) is 1.04. The van der Waals surface area contributed by atoms with Gasteiger partial charge in [0.2, 0.25) is 0 Å². The van der Waals surface area contributed by atoms with E-state index in [1.54, 1.807) is 0 Å². The molecule has 0 bridgehead atoms. The largest absolute Gasteiger partial charge is 0.478 e. The average molecular weight is 342 g/mol. The number of nitrogens with one attached hydrogen (secondary N) is 1. The molecule has 6 nitrogen and oxygen atoms in total. The van der Waals surface area contributed by atoms with Crippen molar-refractivity contribution in [2.75, 3.05) is 0 Å². The van der Waals surface area contributed by atoms with Crippen LogP contribution >= 0.6 is 11.6 Å². The molecule has 1 aliphatic heterocycles. The smallest absolute Gasteiger partial charge is 0.328 e. The van der Waals surface area contributed by atoms with Gasteiger partial charge in [-0.05, 0) is 38.0 Å². The van der Waals surface area contributed by atoms with E-state index in [9.17, 15) is 14.7 Å². The first-order valence-electron chi connectivity index (χ1n) is 6.96. The molecular formula is C16H20ClNO5. The van der Waals surface area contributed by atoms with Crippen LogP contribution in [0.25, 0.3) is 0 Å². The molecule has 0 amide bonds. The number of hydrogen-bond donors (Lipinski definition) is 4. The highest BCUT2D eigenvalue weighted by molar-refractivity contribution is 6.30. The molecule has 0 unspecified atom stereocenters. The van der Waals surface area contributed by atoms with Gasteiger partial charge in [0.25, 0.3) is 0 Å². The van der Waals surface area contributed by atoms with Gasteiger partial charge in [-0.15, -0.1) is 0 Å². The average Bonchev–Trinajstić information content (AvgIpc) is 2.42. The minimum absolute atomic E-state index is 0.151. The second-order valence-electron chi connectivity index (χ2n) is 5.85. The Morgan fingerprint density at radius 2 is 1.83 bits per heavy atom. The van der Waals surface area contributed by atoms with Crippen molar-refractivity contribution in [3.05, 3.63) is 47.0 Å². The SMILES string of the molecule is CC1(C)C[C@@H]([C@@H](O)c2cccc(Cl)c2)N1.O=C(O)/C=C\C(=O)O. The van der Waals surface area contributed by atoms with E-state index in [1.165, 1.54) is 0 Å². The first-order valence-corrected chi connectivity index (χ1v) is 7.34. The Kier molecular flexibility index (Phi) is 6.75. The van der Waals surface area contributed by atoms with Crippen molar-refractivity contribution in [2.45, 2.75) is 38.0 Å². The number of aliphatic carboxylic acids is 2. The van der Waals surface area contributed by atoms with Crippen molar-refractivity contribution >= 4 is 23.5 Å². The maximum Gasteiger partial charge on any atom is 0.328 e. The number of rotatable bonds is 4. The molecule has 1 aromatic rings. The van der Waals surface area contributed by atoms with Crippen molar-refractivity contribution in [1.29, 1.82) is 0 Å². The number of hydrogen-bond acceptors (Lipinski definition) is 4. The second-order valence-corrected chi connectivity index (χ2v) is 6.28. The number of aliphatic hydroxyl groups excluding tert-OH is 1. The van der Waals surface area contributed by atoms with Gasteiger partial charge in [0.15, 0.2) is 0 Å². The van der Waals surface area contributed by atoms with E-state index in [4.69, 9.17) is 21.8 Å². The summed E-state index contributed by atoms with van der Waals surface area (Å²) in [6.07, 6.45) is 1.64. The van der Waals surface area contributed by atoms with Crippen LogP contribution in [0.1, 0.15) is 31.9 Å². The van der Waals surface area contributed by atoms with Gasteiger partial charge < -0.3 is 20.6 Å². The van der Waals surface area contributed by atoms with Gasteiger partial charge >= 0.3 is 11.9 Å². The van der Waals surface area contributed by atoms with Crippen LogP contribution in [0.3, 0.4) is 0 Å². The lowest BCUT2D eigenvalue weighted by Gasteiger charge is -2.46. The van der Waals surface area contributed by atoms with E-state index in [0.717, 1.165) is 12.0 Å². The van der Waals surface area contributed by atoms with Crippen molar-refractivity contribution in [1.82, 2.24) is 5.32 Å². The number of carboxylic acids is 2. The van der Waals surface area contributed by atoms with Crippen molar-refractivity contribution < 1.29 is 24.9 Å². The molecule has 126 valence electrons. The molecule has 2 rings (SSSR count). The van der Waals surface area contributed by atoms with Gasteiger partial charge in [0, 0.05) is 28.8 Å². The van der Waals surface area contributed by atoms with Crippen LogP contribution in [0.4, 0.5) is 0 Å². The Morgan fingerprint density at radius 1 is 1.30 bits per heavy atom. The zero-order chi connectivity index (χ0) is 17.6. The van der Waals surface area contributed by atoms with Gasteiger partial charge in [0.1, 0.15) is 0 Å². The monoisotopic (exact) mass is 341 g/mol. The maximum absolute atomic E-state index is 10.1. The summed E-state index contributed by atoms with van der Waals surface area (Å²) in [7, 11) is 0. The van der Waals surface area contributed by atoms with Crippen molar-refractivity contribution in [3.8, 4) is 0 Å². The molecule has 0 radical (unpaired) electrons. The third-order valence-corrected chi connectivity index (χ3v) is 3.48. The van der Waals surface area contributed by atoms with E-state index >= 15 is 0 Å². The highest BCUT2D eigenvalue weighted by atomic mass is 35.5. The summed E-state index contributed by atoms with van der Waals surface area (Å²) in [6, 6.07) is 7.56. The van der Waals surface area contributed by atoms with E-state index < -0.39 is 18.0 Å². The summed E-state index contributed by atoms with van der Waals surface area (Å²) < 4.78 is 0. The Hall–Kier alpha value is -1.89. The molecule has 0 spiro atoms. The summed E-state index contributed by atoms with van der Waals surface area (Å²) >= 11 is 5.88. The second kappa shape index (κ2) is 8.10. The summed E-state index contributed by atoms with van der Waals surface area (Å²) in [5.74, 6) is -2.51. The van der Waals surface area contributed by atoms with Crippen LogP contribution < -0.4 is 5.32 Å². The molecule has 4 N–H and O–H groups in total. The molecule has 1 saturated heterocycles. The predicted octanol–water partition coefficient (Wildman–Crippen LogP) is 2.23. The van der Waals surface area contributed by atoms with Gasteiger partial charge in [0.05, 0.1) is 6.10 Å². The fraction of sp³-hybridized carbons (Fsp3) is 0.375. The number of carbonyl (C=O) groups is 2. The molecule has 1 heterocycles. The van der Waals surface area contributed by atoms with Crippen LogP contribution in [0, 0.1) is 0 Å². The fourth-order valence-corrected chi connectivity index (χ4v) is 2.49. The van der Waals surface area contributed by atoms with E-state index in [1.807, 2.05) is 24.3 Å². The molecule has 0 aromatic heterocycles. The first kappa shape index (κ1) is 19.2. The third kappa shape index (κ3) is 6.81. The molecule has 2 atom stereocenters. The van der Waals surface area contributed by atoms with Crippen LogP contribution in [-0.4, -0.2) is 38.8 Å². The normalized spacial score (nSPS) is 20.1. The lowest BCUT2D eigenvalue weighted by atomic mass is 9.81. The first-order chi connectivity index (χ1) is 10.6. The minimum atomic E-state index is -1.26. The third-order valence-electron chi connectivity index (χ3n) is 3.25. The summed E-state index contributed by atoms with van der Waals surface area (Å²) in [6.45, 7) is 4.27. The van der Waals surface area contributed by atoms with Crippen LogP contribution in [-0.2, 0) is 9.59 Å². The van der Waals surface area contributed by atoms with E-state index in [-0.39, 0.29) is 11.6 Å². The number of benzene rings is 1. The molecule has 23 heavy (non-hydrogen) atoms. The standard InChI is InChI=1S/C12H16ClNO.C4H4O4/c1-12(2)7-10(14-12)11(15)8-4-3-5-9(13)6-8;5-3(6)1-2-4(7)8/h3-6,10-11,14-15H,7H2,1-2H3;1-2H,(H,5,6)(H,7,8)/b;2-1-/t10-,11-;/m0./s1. The Morgan fingerprint density at radius 3 is 2.22 bits per heavy atom. The summed E-state index contributed by atoms with van der Waals surface area (Å²) in [4.78, 5) is 19.1. The lowest BCUT2D eigenvalue weighted by molar-refractivity contribution is -0.134. The van der Waals surface area contributed by atoms with Gasteiger partial charge in [-0.1, -0.05) is 23.7 Å². The summed E-state index contributed by atoms with van der Waals surface area (Å²) in [5, 5.41) is 29.7. The fourth-order valence-electron chi connectivity index (χ4n) is 2.29. The molecule has 1 fully saturated rings. The number of halogens is 1. The zero-order valence-corrected chi connectivity index (χ0v) is 13.6. The zero-order valence-electron chi connectivity index (χ0n) is 12.9. The minimum Gasteiger partial charge on any atom is -0.478 e. The molecule has 0 aliphatic carbocycles. The van der Waals surface area contributed by atoms with Crippen LogP contribution in [0.5, 0.6) is 0 Å². The molecule has 7 heteroatoms. The van der Waals surface area contributed by atoms with Crippen LogP contribution in [0.15, 0.2) is 36.4 Å². The molecular weight excluding hydrogens is 322 g/mol. The van der Waals surface area contributed by atoms with Gasteiger partial charge in [-0.25, -0.2) is 9.59 Å². The lowest BCUT2D eigenvalue weighted by Crippen LogP contribution is -2.61. The van der Waals surface area contributed by atoms with Crippen molar-refractivity contribution in [3.63, 3.8) is 0 Å². The number of carboxylic acid groups (broad SMARTS) is 2. The highest BCUT2D eigenvalue weighted by Crippen LogP contribution is 2.32. The maximum atomic E-state index is 10.1. The Bertz CT molecular complexity index is 576. The number of aliphatic hydroxyl groups is 1. The molecule has 1 aromatic carbocycles. The van der Waals surface area contributed by atoms with Gasteiger partial charge in [-0.3, -0.25) is 0 Å². The van der Waals surface area contributed by atoms with Crippen LogP contribution in [0.2, 0.25) is 5.02 Å². The highest BCUT2D eigenvalue weighted by Gasteiger charge is 2.39. The molecule has 0 saturated carbocycles. The molecule has 1 aliphatic rings. The Labute approximate surface area is 139 Å². The van der Waals surface area contributed by atoms with Gasteiger partial charge in [-0.2, -0.15) is 0 Å². The van der Waals surface area contributed by atoms with E-state index in [2.05, 4.69) is 19.2 Å². The topological polar surface area (TPSA) is 107 Å². The van der Waals surface area contributed by atoms with Crippen molar-refractivity contribution in [2.24, 2.45) is 0 Å². The quantitative estimate of drug-likeness (QED) is 0.626. The van der Waals surface area contributed by atoms with E-state index in [0.29, 0.717) is 17.2 Å². The predicted molar refractivity (Wildman–Crippen MR) is 86.4 cm³/mol.